The molecule has 0 fully saturated rings. The number of hydrogen-bond acceptors (Lipinski definition) is 4. The molecule has 3 aromatic rings. The first-order valence-corrected chi connectivity index (χ1v) is 7.71. The van der Waals surface area contributed by atoms with Crippen LogP contribution in [0.1, 0.15) is 21.1 Å². The van der Waals surface area contributed by atoms with Crippen molar-refractivity contribution < 1.29 is 18.4 Å². The molecule has 7 heteroatoms. The Morgan fingerprint density at radius 2 is 1.57 bits per heavy atom. The van der Waals surface area contributed by atoms with Gasteiger partial charge in [0.15, 0.2) is 15.3 Å². The van der Waals surface area contributed by atoms with Crippen LogP contribution in [0.15, 0.2) is 63.6 Å². The Bertz CT molecular complexity index is 839. The molecule has 0 aliphatic rings. The number of nitrogens with one attached hydrogen (secondary N) is 2. The lowest BCUT2D eigenvalue weighted by Gasteiger charge is -2.07. The Hall–Kier alpha value is -2.55. The minimum Gasteiger partial charge on any atom is -0.459 e. The van der Waals surface area contributed by atoms with Gasteiger partial charge < -0.3 is 19.5 Å². The van der Waals surface area contributed by atoms with Gasteiger partial charge in [-0.3, -0.25) is 9.59 Å². The maximum Gasteiger partial charge on any atom is 0.291 e. The summed E-state index contributed by atoms with van der Waals surface area (Å²) in [5, 5.41) is 5.40. The summed E-state index contributed by atoms with van der Waals surface area (Å²) < 4.78 is 10.9. The molecule has 2 heterocycles. The SMILES string of the molecule is O=C(Nc1cccc(NC(=O)c2ccc(I)o2)c1)c1ccco1. The molecule has 2 amide bonds. The molecule has 1 aromatic carbocycles. The maximum absolute atomic E-state index is 12.0. The number of furan rings is 2. The van der Waals surface area contributed by atoms with E-state index >= 15 is 0 Å². The zero-order valence-corrected chi connectivity index (χ0v) is 13.9. The van der Waals surface area contributed by atoms with E-state index in [0.717, 1.165) is 0 Å². The summed E-state index contributed by atoms with van der Waals surface area (Å²) in [6, 6.07) is 13.3. The van der Waals surface area contributed by atoms with Crippen LogP contribution in [0.3, 0.4) is 0 Å². The van der Waals surface area contributed by atoms with E-state index in [1.165, 1.54) is 6.26 Å². The third-order valence-corrected chi connectivity index (χ3v) is 3.50. The molecule has 0 unspecified atom stereocenters. The average Bonchev–Trinajstić information content (AvgIpc) is 3.18. The first kappa shape index (κ1) is 15.3. The molecular weight excluding hydrogens is 411 g/mol. The number of rotatable bonds is 4. The van der Waals surface area contributed by atoms with E-state index < -0.39 is 0 Å². The predicted molar refractivity (Wildman–Crippen MR) is 92.5 cm³/mol. The molecule has 0 radical (unpaired) electrons. The summed E-state index contributed by atoms with van der Waals surface area (Å²) >= 11 is 1.99. The van der Waals surface area contributed by atoms with Gasteiger partial charge in [0.25, 0.3) is 11.8 Å². The fourth-order valence-corrected chi connectivity index (χ4v) is 2.32. The number of benzene rings is 1. The molecule has 0 aliphatic heterocycles. The molecule has 23 heavy (non-hydrogen) atoms. The van der Waals surface area contributed by atoms with Crippen molar-refractivity contribution in [1.82, 2.24) is 0 Å². The lowest BCUT2D eigenvalue weighted by atomic mass is 10.2. The molecule has 0 saturated carbocycles. The standard InChI is InChI=1S/C16H11IN2O4/c17-14-7-6-13(23-14)16(21)19-11-4-1-3-10(9-11)18-15(20)12-5-2-8-22-12/h1-9H,(H,18,20)(H,19,21). The molecule has 0 saturated heterocycles. The van der Waals surface area contributed by atoms with E-state index in [2.05, 4.69) is 10.6 Å². The molecule has 0 bridgehead atoms. The van der Waals surface area contributed by atoms with Gasteiger partial charge >= 0.3 is 0 Å². The number of carbonyl (C=O) groups excluding carboxylic acids is 2. The van der Waals surface area contributed by atoms with Gasteiger partial charge in [-0.2, -0.15) is 0 Å². The van der Waals surface area contributed by atoms with Crippen LogP contribution in [0, 0.1) is 3.77 Å². The zero-order valence-electron chi connectivity index (χ0n) is 11.7. The van der Waals surface area contributed by atoms with Crippen LogP contribution in [-0.4, -0.2) is 11.8 Å². The minimum absolute atomic E-state index is 0.213. The van der Waals surface area contributed by atoms with Gasteiger partial charge in [0.2, 0.25) is 0 Å². The Labute approximate surface area is 145 Å². The fourth-order valence-electron chi connectivity index (χ4n) is 1.90. The van der Waals surface area contributed by atoms with Crippen LogP contribution in [0.4, 0.5) is 11.4 Å². The Kier molecular flexibility index (Phi) is 4.47. The van der Waals surface area contributed by atoms with Crippen LogP contribution >= 0.6 is 22.6 Å². The second kappa shape index (κ2) is 6.69. The first-order chi connectivity index (χ1) is 11.1. The van der Waals surface area contributed by atoms with Gasteiger partial charge in [0.1, 0.15) is 0 Å². The lowest BCUT2D eigenvalue weighted by molar-refractivity contribution is 0.0989. The average molecular weight is 422 g/mol. The number of hydrogen-bond donors (Lipinski definition) is 2. The van der Waals surface area contributed by atoms with E-state index in [9.17, 15) is 9.59 Å². The summed E-state index contributed by atoms with van der Waals surface area (Å²) in [4.78, 5) is 24.0. The predicted octanol–water partition coefficient (Wildman–Crippen LogP) is 3.98. The van der Waals surface area contributed by atoms with E-state index in [1.54, 1.807) is 48.5 Å². The monoisotopic (exact) mass is 422 g/mol. The largest absolute Gasteiger partial charge is 0.459 e. The highest BCUT2D eigenvalue weighted by molar-refractivity contribution is 14.1. The molecule has 0 atom stereocenters. The van der Waals surface area contributed by atoms with Crippen LogP contribution in [-0.2, 0) is 0 Å². The van der Waals surface area contributed by atoms with E-state index in [1.807, 2.05) is 22.6 Å². The second-order valence-electron chi connectivity index (χ2n) is 4.57. The topological polar surface area (TPSA) is 84.5 Å². The number of halogens is 1. The van der Waals surface area contributed by atoms with E-state index in [0.29, 0.717) is 15.1 Å². The number of anilines is 2. The molecule has 6 nitrogen and oxygen atoms in total. The highest BCUT2D eigenvalue weighted by Crippen LogP contribution is 2.18. The molecule has 0 spiro atoms. The third-order valence-electron chi connectivity index (χ3n) is 2.92. The highest BCUT2D eigenvalue weighted by Gasteiger charge is 2.12. The second-order valence-corrected chi connectivity index (χ2v) is 5.63. The van der Waals surface area contributed by atoms with Crippen LogP contribution in [0.2, 0.25) is 0 Å². The van der Waals surface area contributed by atoms with Crippen molar-refractivity contribution in [2.75, 3.05) is 10.6 Å². The van der Waals surface area contributed by atoms with E-state index in [-0.39, 0.29) is 23.3 Å². The van der Waals surface area contributed by atoms with Crippen LogP contribution in [0.5, 0.6) is 0 Å². The van der Waals surface area contributed by atoms with Crippen molar-refractivity contribution >= 4 is 45.8 Å². The number of carbonyl (C=O) groups is 2. The smallest absolute Gasteiger partial charge is 0.291 e. The van der Waals surface area contributed by atoms with Crippen molar-refractivity contribution in [3.8, 4) is 0 Å². The Morgan fingerprint density at radius 3 is 2.13 bits per heavy atom. The molecule has 116 valence electrons. The summed E-state index contributed by atoms with van der Waals surface area (Å²) in [6.07, 6.45) is 1.43. The van der Waals surface area contributed by atoms with Gasteiger partial charge in [-0.05, 0) is 65.1 Å². The van der Waals surface area contributed by atoms with Gasteiger partial charge in [0.05, 0.1) is 6.26 Å². The van der Waals surface area contributed by atoms with Gasteiger partial charge in [-0.25, -0.2) is 0 Å². The minimum atomic E-state index is -0.362. The molecular formula is C16H11IN2O4. The fraction of sp³-hybridized carbons (Fsp3) is 0. The van der Waals surface area contributed by atoms with Crippen LogP contribution in [0.25, 0.3) is 0 Å². The summed E-state index contributed by atoms with van der Waals surface area (Å²) in [7, 11) is 0. The lowest BCUT2D eigenvalue weighted by Crippen LogP contribution is -2.13. The molecule has 2 N–H and O–H groups in total. The Balaban J connectivity index is 1.70. The third kappa shape index (κ3) is 3.81. The van der Waals surface area contributed by atoms with Crippen LogP contribution < -0.4 is 10.6 Å². The normalized spacial score (nSPS) is 10.3. The summed E-state index contributed by atoms with van der Waals surface area (Å²) in [5.41, 5.74) is 1.08. The quantitative estimate of drug-likeness (QED) is 0.623. The molecule has 0 aliphatic carbocycles. The van der Waals surface area contributed by atoms with Crippen molar-refractivity contribution in [3.05, 3.63) is 70.1 Å². The summed E-state index contributed by atoms with van der Waals surface area (Å²) in [5.74, 6) is -0.287. The van der Waals surface area contributed by atoms with Gasteiger partial charge in [-0.15, -0.1) is 0 Å². The van der Waals surface area contributed by atoms with E-state index in [4.69, 9.17) is 8.83 Å². The zero-order chi connectivity index (χ0) is 16.2. The number of amides is 2. The van der Waals surface area contributed by atoms with Gasteiger partial charge in [-0.1, -0.05) is 6.07 Å². The van der Waals surface area contributed by atoms with Crippen molar-refractivity contribution in [1.29, 1.82) is 0 Å². The summed E-state index contributed by atoms with van der Waals surface area (Å²) in [6.45, 7) is 0. The highest BCUT2D eigenvalue weighted by atomic mass is 127. The Morgan fingerprint density at radius 1 is 0.870 bits per heavy atom. The van der Waals surface area contributed by atoms with Crippen molar-refractivity contribution in [2.45, 2.75) is 0 Å². The van der Waals surface area contributed by atoms with Gasteiger partial charge in [0, 0.05) is 11.4 Å². The molecule has 2 aromatic heterocycles. The maximum atomic E-state index is 12.0. The van der Waals surface area contributed by atoms with Crippen molar-refractivity contribution in [3.63, 3.8) is 0 Å². The molecule has 3 rings (SSSR count). The van der Waals surface area contributed by atoms with Crippen molar-refractivity contribution in [2.24, 2.45) is 0 Å². The first-order valence-electron chi connectivity index (χ1n) is 6.63.